The van der Waals surface area contributed by atoms with Gasteiger partial charge in [-0.1, -0.05) is 0 Å². The minimum atomic E-state index is -3.97. The molecule has 0 aliphatic rings. The fourth-order valence-corrected chi connectivity index (χ4v) is 4.00. The zero-order valence-electron chi connectivity index (χ0n) is 14.8. The van der Waals surface area contributed by atoms with Gasteiger partial charge in [-0.25, -0.2) is 8.42 Å². The van der Waals surface area contributed by atoms with E-state index in [4.69, 9.17) is 10.2 Å². The number of hydrogen-bond donors (Lipinski definition) is 2. The van der Waals surface area contributed by atoms with Crippen LogP contribution in [0.5, 0.6) is 0 Å². The second-order valence-corrected chi connectivity index (χ2v) is 8.00. The lowest BCUT2D eigenvalue weighted by molar-refractivity contribution is -0.384. The molecule has 0 saturated heterocycles. The van der Waals surface area contributed by atoms with Crippen LogP contribution in [0.1, 0.15) is 38.5 Å². The highest BCUT2D eigenvalue weighted by molar-refractivity contribution is 7.89. The predicted octanol–water partition coefficient (Wildman–Crippen LogP) is 2.09. The first-order valence-corrected chi connectivity index (χ1v) is 9.65. The van der Waals surface area contributed by atoms with Gasteiger partial charge in [0.25, 0.3) is 5.69 Å². The second-order valence-electron chi connectivity index (χ2n) is 6.00. The molecule has 2 N–H and O–H groups in total. The highest BCUT2D eigenvalue weighted by atomic mass is 32.2. The molecule has 0 bridgehead atoms. The third kappa shape index (κ3) is 6.94. The summed E-state index contributed by atoms with van der Waals surface area (Å²) in [7, 11) is -2.63. The number of aliphatic carboxylic acids is 2. The molecular weight excluding hydrogens is 380 g/mol. The molecule has 1 aromatic carbocycles. The van der Waals surface area contributed by atoms with Gasteiger partial charge in [-0.3, -0.25) is 19.7 Å². The average Bonchev–Trinajstić information content (AvgIpc) is 2.59. The van der Waals surface area contributed by atoms with Gasteiger partial charge in [0, 0.05) is 38.1 Å². The Labute approximate surface area is 156 Å². The summed E-state index contributed by atoms with van der Waals surface area (Å²) in [5.74, 6) is -2.00. The number of rotatable bonds is 12. The third-order valence-corrected chi connectivity index (χ3v) is 6.02. The summed E-state index contributed by atoms with van der Waals surface area (Å²) in [6, 6.07) is 3.86. The number of carboxylic acid groups (broad SMARTS) is 2. The normalized spacial score (nSPS) is 11.7. The van der Waals surface area contributed by atoms with Crippen molar-refractivity contribution >= 4 is 27.6 Å². The van der Waals surface area contributed by atoms with Crippen LogP contribution >= 0.6 is 0 Å². The van der Waals surface area contributed by atoms with E-state index >= 15 is 0 Å². The highest BCUT2D eigenvalue weighted by Crippen LogP contribution is 2.24. The van der Waals surface area contributed by atoms with Gasteiger partial charge in [-0.2, -0.15) is 4.31 Å². The van der Waals surface area contributed by atoms with Gasteiger partial charge in [-0.15, -0.1) is 0 Å². The van der Waals surface area contributed by atoms with Gasteiger partial charge < -0.3 is 10.2 Å². The summed E-state index contributed by atoms with van der Waals surface area (Å²) in [5.41, 5.74) is -0.240. The number of benzene rings is 1. The van der Waals surface area contributed by atoms with Gasteiger partial charge in [-0.05, 0) is 37.8 Å². The van der Waals surface area contributed by atoms with Crippen LogP contribution in [0.15, 0.2) is 29.2 Å². The molecule has 0 spiro atoms. The van der Waals surface area contributed by atoms with Crippen LogP contribution in [-0.2, 0) is 19.6 Å². The van der Waals surface area contributed by atoms with Crippen LogP contribution in [0, 0.1) is 10.1 Å². The van der Waals surface area contributed by atoms with Crippen LogP contribution in [0.2, 0.25) is 0 Å². The number of sulfonamides is 1. The quantitative estimate of drug-likeness (QED) is 0.398. The Morgan fingerprint density at radius 1 is 1.07 bits per heavy atom. The van der Waals surface area contributed by atoms with E-state index in [9.17, 15) is 28.1 Å². The number of carbonyl (C=O) groups is 2. The molecule has 0 unspecified atom stereocenters. The van der Waals surface area contributed by atoms with E-state index in [1.807, 2.05) is 0 Å². The van der Waals surface area contributed by atoms with Gasteiger partial charge in [0.05, 0.1) is 9.82 Å². The van der Waals surface area contributed by atoms with Crippen molar-refractivity contribution in [3.63, 3.8) is 0 Å². The second kappa shape index (κ2) is 9.97. The van der Waals surface area contributed by atoms with Gasteiger partial charge in [0.1, 0.15) is 0 Å². The van der Waals surface area contributed by atoms with Crippen molar-refractivity contribution in [2.24, 2.45) is 0 Å². The van der Waals surface area contributed by atoms with E-state index in [-0.39, 0.29) is 49.1 Å². The lowest BCUT2D eigenvalue weighted by Crippen LogP contribution is -2.37. The summed E-state index contributed by atoms with van der Waals surface area (Å²) in [5, 5.41) is 28.2. The Kier molecular flexibility index (Phi) is 8.32. The van der Waals surface area contributed by atoms with E-state index < -0.39 is 32.9 Å². The Hall–Kier alpha value is -2.53. The SMILES string of the molecule is CN(C(CCCC(=O)O)CCCC(=O)O)S(=O)(=O)c1ccc([N+](=O)[O-])cc1. The van der Waals surface area contributed by atoms with Crippen molar-refractivity contribution in [2.75, 3.05) is 7.05 Å². The molecule has 1 rings (SSSR count). The maximum atomic E-state index is 12.8. The molecule has 10 nitrogen and oxygen atoms in total. The number of nitrogens with zero attached hydrogens (tertiary/aromatic N) is 2. The fourth-order valence-electron chi connectivity index (χ4n) is 2.59. The molecule has 27 heavy (non-hydrogen) atoms. The van der Waals surface area contributed by atoms with Crippen molar-refractivity contribution < 1.29 is 33.1 Å². The molecule has 0 aromatic heterocycles. The molecule has 0 radical (unpaired) electrons. The first-order chi connectivity index (χ1) is 12.6. The van der Waals surface area contributed by atoms with Crippen LogP contribution in [0.25, 0.3) is 0 Å². The standard InChI is InChI=1S/C16H22N2O8S/c1-17(12(4-2-6-15(19)20)5-3-7-16(21)22)27(25,26)14-10-8-13(9-11-14)18(23)24/h8-12H,2-7H2,1H3,(H,19,20)(H,21,22). The monoisotopic (exact) mass is 402 g/mol. The zero-order chi connectivity index (χ0) is 20.6. The van der Waals surface area contributed by atoms with E-state index in [0.717, 1.165) is 28.6 Å². The summed E-state index contributed by atoms with van der Waals surface area (Å²) >= 11 is 0. The first-order valence-electron chi connectivity index (χ1n) is 8.21. The third-order valence-electron chi connectivity index (χ3n) is 4.09. The molecule has 0 saturated carbocycles. The van der Waals surface area contributed by atoms with E-state index in [1.165, 1.54) is 7.05 Å². The van der Waals surface area contributed by atoms with Crippen molar-refractivity contribution in [1.29, 1.82) is 0 Å². The minimum Gasteiger partial charge on any atom is -0.481 e. The van der Waals surface area contributed by atoms with Crippen LogP contribution < -0.4 is 0 Å². The van der Waals surface area contributed by atoms with Gasteiger partial charge in [0.15, 0.2) is 0 Å². The lowest BCUT2D eigenvalue weighted by atomic mass is 10.0. The highest BCUT2D eigenvalue weighted by Gasteiger charge is 2.28. The molecule has 150 valence electrons. The van der Waals surface area contributed by atoms with Crippen molar-refractivity contribution in [2.45, 2.75) is 49.5 Å². The number of carboxylic acids is 2. The summed E-state index contributed by atoms with van der Waals surface area (Å²) in [6.07, 6.45) is 0.755. The van der Waals surface area contributed by atoms with Crippen LogP contribution in [0.4, 0.5) is 5.69 Å². The van der Waals surface area contributed by atoms with Gasteiger partial charge in [0.2, 0.25) is 10.0 Å². The average molecular weight is 402 g/mol. The predicted molar refractivity (Wildman–Crippen MR) is 94.8 cm³/mol. The van der Waals surface area contributed by atoms with Crippen LogP contribution in [-0.4, -0.2) is 52.9 Å². The molecular formula is C16H22N2O8S. The van der Waals surface area contributed by atoms with Crippen molar-refractivity contribution in [1.82, 2.24) is 4.31 Å². The summed E-state index contributed by atoms with van der Waals surface area (Å²) < 4.78 is 26.6. The smallest absolute Gasteiger partial charge is 0.303 e. The van der Waals surface area contributed by atoms with Crippen LogP contribution in [0.3, 0.4) is 0 Å². The molecule has 1 aromatic rings. The number of hydrogen-bond acceptors (Lipinski definition) is 6. The zero-order valence-corrected chi connectivity index (χ0v) is 15.6. The Balaban J connectivity index is 2.97. The van der Waals surface area contributed by atoms with Gasteiger partial charge >= 0.3 is 11.9 Å². The first kappa shape index (κ1) is 22.5. The molecule has 0 atom stereocenters. The molecule has 0 fully saturated rings. The molecule has 0 aliphatic heterocycles. The fraction of sp³-hybridized carbons (Fsp3) is 0.500. The number of nitro benzene ring substituents is 1. The topological polar surface area (TPSA) is 155 Å². The van der Waals surface area contributed by atoms with E-state index in [1.54, 1.807) is 0 Å². The van der Waals surface area contributed by atoms with Crippen molar-refractivity contribution in [3.8, 4) is 0 Å². The van der Waals surface area contributed by atoms with Crippen molar-refractivity contribution in [3.05, 3.63) is 34.4 Å². The Bertz CT molecular complexity index is 756. The Morgan fingerprint density at radius 2 is 1.52 bits per heavy atom. The lowest BCUT2D eigenvalue weighted by Gasteiger charge is -2.27. The van der Waals surface area contributed by atoms with E-state index in [0.29, 0.717) is 0 Å². The minimum absolute atomic E-state index is 0.124. The molecule has 0 amide bonds. The maximum Gasteiger partial charge on any atom is 0.303 e. The summed E-state index contributed by atoms with van der Waals surface area (Å²) in [6.45, 7) is 0. The largest absolute Gasteiger partial charge is 0.481 e. The maximum absolute atomic E-state index is 12.8. The Morgan fingerprint density at radius 3 is 1.89 bits per heavy atom. The molecule has 0 heterocycles. The molecule has 11 heteroatoms. The summed E-state index contributed by atoms with van der Waals surface area (Å²) in [4.78, 5) is 31.3. The molecule has 0 aliphatic carbocycles. The van der Waals surface area contributed by atoms with E-state index in [2.05, 4.69) is 0 Å². The number of nitro groups is 1. The number of non-ortho nitro benzene ring substituents is 1.